The number of ether oxygens (including phenoxy) is 4. The third-order valence-corrected chi connectivity index (χ3v) is 6.60. The molecule has 1 spiro atoms. The summed E-state index contributed by atoms with van der Waals surface area (Å²) in [6, 6.07) is 10.9. The molecule has 3 aliphatic rings. The molecule has 2 fully saturated rings. The van der Waals surface area contributed by atoms with Crippen LogP contribution in [0.15, 0.2) is 36.4 Å². The Hall–Kier alpha value is -1.91. The zero-order valence-electron chi connectivity index (χ0n) is 17.2. The molecule has 0 aliphatic carbocycles. The SMILES string of the molecule is OC[C@H]1OC(c2ccc(Cl)c(Cc3ccc4c(c3)OC3(CCOC3)O4)c2)[C@H](O)[C@@H](O)[C@@H]1O. The first-order valence-electron chi connectivity index (χ1n) is 10.6. The van der Waals surface area contributed by atoms with Gasteiger partial charge in [0, 0.05) is 5.02 Å². The van der Waals surface area contributed by atoms with Crippen LogP contribution in [0.1, 0.15) is 29.2 Å². The Morgan fingerprint density at radius 1 is 0.969 bits per heavy atom. The molecule has 2 unspecified atom stereocenters. The Balaban J connectivity index is 1.37. The molecule has 2 aromatic rings. The van der Waals surface area contributed by atoms with Crippen LogP contribution in [0.2, 0.25) is 5.02 Å². The number of hydrogen-bond donors (Lipinski definition) is 4. The third kappa shape index (κ3) is 3.86. The van der Waals surface area contributed by atoms with Gasteiger partial charge in [-0.3, -0.25) is 0 Å². The lowest BCUT2D eigenvalue weighted by molar-refractivity contribution is -0.231. The van der Waals surface area contributed by atoms with Crippen molar-refractivity contribution in [2.45, 2.75) is 49.1 Å². The van der Waals surface area contributed by atoms with E-state index in [1.165, 1.54) is 0 Å². The number of benzene rings is 2. The van der Waals surface area contributed by atoms with Crippen LogP contribution in [0, 0.1) is 0 Å². The summed E-state index contributed by atoms with van der Waals surface area (Å²) in [5.74, 6) is 0.608. The lowest BCUT2D eigenvalue weighted by atomic mass is 9.90. The molecule has 2 aromatic carbocycles. The van der Waals surface area contributed by atoms with Gasteiger partial charge in [-0.25, -0.2) is 0 Å². The Bertz CT molecular complexity index is 990. The van der Waals surface area contributed by atoms with Crippen LogP contribution in [0.4, 0.5) is 0 Å². The number of halogens is 1. The second kappa shape index (κ2) is 8.46. The van der Waals surface area contributed by atoms with Crippen LogP contribution in [-0.4, -0.2) is 70.4 Å². The van der Waals surface area contributed by atoms with E-state index in [1.807, 2.05) is 18.2 Å². The second-order valence-electron chi connectivity index (χ2n) is 8.48. The molecule has 3 heterocycles. The van der Waals surface area contributed by atoms with E-state index >= 15 is 0 Å². The van der Waals surface area contributed by atoms with Gasteiger partial charge in [0.25, 0.3) is 5.79 Å². The highest BCUT2D eigenvalue weighted by molar-refractivity contribution is 6.31. The third-order valence-electron chi connectivity index (χ3n) is 6.23. The maximum atomic E-state index is 10.4. The van der Waals surface area contributed by atoms with E-state index in [2.05, 4.69) is 0 Å². The maximum absolute atomic E-state index is 10.4. The summed E-state index contributed by atoms with van der Waals surface area (Å²) in [4.78, 5) is 0. The highest BCUT2D eigenvalue weighted by atomic mass is 35.5. The number of rotatable bonds is 4. The summed E-state index contributed by atoms with van der Waals surface area (Å²) in [5, 5.41) is 40.6. The van der Waals surface area contributed by atoms with Crippen molar-refractivity contribution in [1.29, 1.82) is 0 Å². The van der Waals surface area contributed by atoms with Gasteiger partial charge in [0.15, 0.2) is 11.5 Å². The normalized spacial score (nSPS) is 33.7. The van der Waals surface area contributed by atoms with E-state index in [4.69, 9.17) is 30.5 Å². The Morgan fingerprint density at radius 2 is 1.78 bits per heavy atom. The van der Waals surface area contributed by atoms with Gasteiger partial charge in [-0.1, -0.05) is 29.8 Å². The topological polar surface area (TPSA) is 118 Å². The van der Waals surface area contributed by atoms with Crippen molar-refractivity contribution in [3.8, 4) is 11.5 Å². The average Bonchev–Trinajstić information content (AvgIpc) is 3.39. The van der Waals surface area contributed by atoms with E-state index < -0.39 is 42.9 Å². The Kier molecular flexibility index (Phi) is 5.79. The van der Waals surface area contributed by atoms with Crippen molar-refractivity contribution in [2.75, 3.05) is 19.8 Å². The molecular formula is C23H25ClO8. The molecule has 32 heavy (non-hydrogen) atoms. The van der Waals surface area contributed by atoms with E-state index in [1.54, 1.807) is 18.2 Å². The molecule has 0 radical (unpaired) electrons. The molecule has 8 nitrogen and oxygen atoms in total. The van der Waals surface area contributed by atoms with Gasteiger partial charge in [0.2, 0.25) is 0 Å². The van der Waals surface area contributed by atoms with E-state index in [-0.39, 0.29) is 0 Å². The van der Waals surface area contributed by atoms with E-state index in [0.717, 1.165) is 11.1 Å². The minimum atomic E-state index is -1.44. The van der Waals surface area contributed by atoms with Crippen LogP contribution in [-0.2, 0) is 15.9 Å². The molecule has 9 heteroatoms. The predicted octanol–water partition coefficient (Wildman–Crippen LogP) is 1.33. The fourth-order valence-electron chi connectivity index (χ4n) is 4.44. The van der Waals surface area contributed by atoms with Crippen molar-refractivity contribution in [3.05, 3.63) is 58.1 Å². The van der Waals surface area contributed by atoms with Crippen LogP contribution >= 0.6 is 11.6 Å². The maximum Gasteiger partial charge on any atom is 0.277 e. The number of aliphatic hydroxyl groups excluding tert-OH is 4. The largest absolute Gasteiger partial charge is 0.446 e. The molecule has 0 amide bonds. The van der Waals surface area contributed by atoms with Crippen molar-refractivity contribution in [2.24, 2.45) is 0 Å². The molecule has 5 rings (SSSR count). The van der Waals surface area contributed by atoms with Crippen LogP contribution in [0.3, 0.4) is 0 Å². The summed E-state index contributed by atoms with van der Waals surface area (Å²) in [6.07, 6.45) is -4.92. The number of fused-ring (bicyclic) bond motifs is 1. The highest BCUT2D eigenvalue weighted by Gasteiger charge is 2.46. The van der Waals surface area contributed by atoms with E-state index in [9.17, 15) is 20.4 Å². The fraction of sp³-hybridized carbons (Fsp3) is 0.478. The molecule has 2 saturated heterocycles. The molecule has 6 atom stereocenters. The molecule has 3 aliphatic heterocycles. The summed E-state index contributed by atoms with van der Waals surface area (Å²) in [6.45, 7) is 0.511. The number of hydrogen-bond acceptors (Lipinski definition) is 8. The van der Waals surface area contributed by atoms with E-state index in [0.29, 0.717) is 48.1 Å². The van der Waals surface area contributed by atoms with Gasteiger partial charge in [0.1, 0.15) is 37.1 Å². The second-order valence-corrected chi connectivity index (χ2v) is 8.88. The molecule has 0 aromatic heterocycles. The van der Waals surface area contributed by atoms with Gasteiger partial charge >= 0.3 is 0 Å². The molecular weight excluding hydrogens is 440 g/mol. The molecule has 4 N–H and O–H groups in total. The van der Waals surface area contributed by atoms with Gasteiger partial charge in [-0.05, 0) is 41.3 Å². The highest BCUT2D eigenvalue weighted by Crippen LogP contribution is 2.43. The van der Waals surface area contributed by atoms with Crippen LogP contribution in [0.25, 0.3) is 0 Å². The van der Waals surface area contributed by atoms with Crippen molar-refractivity contribution < 1.29 is 39.4 Å². The first kappa shape index (κ1) is 21.9. The first-order chi connectivity index (χ1) is 15.4. The van der Waals surface area contributed by atoms with Gasteiger partial charge in [-0.2, -0.15) is 0 Å². The monoisotopic (exact) mass is 464 g/mol. The molecule has 0 saturated carbocycles. The van der Waals surface area contributed by atoms with Crippen LogP contribution in [0.5, 0.6) is 11.5 Å². The fourth-order valence-corrected chi connectivity index (χ4v) is 4.63. The van der Waals surface area contributed by atoms with Gasteiger partial charge in [-0.15, -0.1) is 0 Å². The van der Waals surface area contributed by atoms with Crippen molar-refractivity contribution in [1.82, 2.24) is 0 Å². The molecule has 172 valence electrons. The molecule has 0 bridgehead atoms. The van der Waals surface area contributed by atoms with Crippen molar-refractivity contribution >= 4 is 11.6 Å². The summed E-state index contributed by atoms with van der Waals surface area (Å²) >= 11 is 6.44. The zero-order chi connectivity index (χ0) is 22.5. The lowest BCUT2D eigenvalue weighted by Gasteiger charge is -2.40. The predicted molar refractivity (Wildman–Crippen MR) is 113 cm³/mol. The van der Waals surface area contributed by atoms with Gasteiger partial charge in [0.05, 0.1) is 19.6 Å². The summed E-state index contributed by atoms with van der Waals surface area (Å²) < 4.78 is 23.1. The lowest BCUT2D eigenvalue weighted by Crippen LogP contribution is -2.55. The minimum Gasteiger partial charge on any atom is -0.446 e. The summed E-state index contributed by atoms with van der Waals surface area (Å²) in [7, 11) is 0. The number of aliphatic hydroxyl groups is 4. The smallest absolute Gasteiger partial charge is 0.277 e. The quantitative estimate of drug-likeness (QED) is 0.535. The average molecular weight is 465 g/mol. The Labute approximate surface area is 189 Å². The zero-order valence-corrected chi connectivity index (χ0v) is 17.9. The summed E-state index contributed by atoms with van der Waals surface area (Å²) in [5.41, 5.74) is 2.33. The van der Waals surface area contributed by atoms with Crippen molar-refractivity contribution in [3.63, 3.8) is 0 Å². The first-order valence-corrected chi connectivity index (χ1v) is 10.9. The minimum absolute atomic E-state index is 0.393. The standard InChI is InChI=1S/C23H25ClO8/c24-15-3-2-13(22-21(28)20(27)19(26)18(10-25)30-22)9-14(15)7-12-1-4-16-17(8-12)32-23(31-16)5-6-29-11-23/h1-4,8-9,18-22,25-28H,5-7,10-11H2/t18-,19-,20+,21-,22?,23?/m1/s1. The Morgan fingerprint density at radius 3 is 2.53 bits per heavy atom. The van der Waals surface area contributed by atoms with Crippen LogP contribution < -0.4 is 9.47 Å². The van der Waals surface area contributed by atoms with Gasteiger partial charge < -0.3 is 39.4 Å².